The molecule has 1 aliphatic heterocycles. The summed E-state index contributed by atoms with van der Waals surface area (Å²) in [5.74, 6) is 6.43. The van der Waals surface area contributed by atoms with Crippen molar-refractivity contribution in [1.82, 2.24) is 4.90 Å². The fraction of sp³-hybridized carbons (Fsp3) is 0.348. The number of hydrogen-bond acceptors (Lipinski definition) is 3. The largest absolute Gasteiger partial charge is 0.326 e. The van der Waals surface area contributed by atoms with E-state index in [1.165, 1.54) is 24.7 Å². The molecule has 4 heteroatoms. The SMILES string of the molecule is CC(=O)Nc1ccc(C#CCCN2CCC(Sc3ccccc3)CC2)cc1. The first-order valence-electron chi connectivity index (χ1n) is 9.49. The van der Waals surface area contributed by atoms with Crippen LogP contribution in [0.3, 0.4) is 0 Å². The van der Waals surface area contributed by atoms with Crippen LogP contribution in [-0.2, 0) is 4.79 Å². The van der Waals surface area contributed by atoms with Gasteiger partial charge in [0.05, 0.1) is 0 Å². The van der Waals surface area contributed by atoms with Crippen LogP contribution < -0.4 is 5.32 Å². The second kappa shape index (κ2) is 10.2. The molecule has 0 spiro atoms. The van der Waals surface area contributed by atoms with Crippen LogP contribution in [0.1, 0.15) is 31.7 Å². The Labute approximate surface area is 166 Å². The zero-order valence-electron chi connectivity index (χ0n) is 15.8. The minimum atomic E-state index is -0.0558. The van der Waals surface area contributed by atoms with E-state index >= 15 is 0 Å². The lowest BCUT2D eigenvalue weighted by atomic mass is 10.1. The number of carbonyl (C=O) groups is 1. The standard InChI is InChI=1S/C23H26N2OS/c1-19(26)24-21-12-10-20(11-13-21)7-5-6-16-25-17-14-23(15-18-25)27-22-8-3-2-4-9-22/h2-4,8-13,23H,6,14-18H2,1H3,(H,24,26). The maximum Gasteiger partial charge on any atom is 0.221 e. The van der Waals surface area contributed by atoms with Crippen molar-refractivity contribution in [3.05, 3.63) is 60.2 Å². The van der Waals surface area contributed by atoms with E-state index in [-0.39, 0.29) is 5.91 Å². The van der Waals surface area contributed by atoms with Gasteiger partial charge in [-0.2, -0.15) is 0 Å². The normalized spacial score (nSPS) is 15.0. The van der Waals surface area contributed by atoms with Crippen molar-refractivity contribution in [2.24, 2.45) is 0 Å². The van der Waals surface area contributed by atoms with Crippen LogP contribution in [0.25, 0.3) is 0 Å². The molecule has 2 aromatic carbocycles. The summed E-state index contributed by atoms with van der Waals surface area (Å²) in [4.78, 5) is 14.9. The first-order valence-corrected chi connectivity index (χ1v) is 10.4. The number of carbonyl (C=O) groups excluding carboxylic acids is 1. The molecule has 3 rings (SSSR count). The van der Waals surface area contributed by atoms with Gasteiger partial charge in [-0.15, -0.1) is 11.8 Å². The maximum absolute atomic E-state index is 11.0. The van der Waals surface area contributed by atoms with Crippen LogP contribution >= 0.6 is 11.8 Å². The third-order valence-corrected chi connectivity index (χ3v) is 5.92. The highest BCUT2D eigenvalue weighted by Crippen LogP contribution is 2.30. The van der Waals surface area contributed by atoms with Gasteiger partial charge in [0.25, 0.3) is 0 Å². The molecule has 0 unspecified atom stereocenters. The monoisotopic (exact) mass is 378 g/mol. The van der Waals surface area contributed by atoms with Crippen molar-refractivity contribution < 1.29 is 4.79 Å². The van der Waals surface area contributed by atoms with Crippen LogP contribution in [0.15, 0.2) is 59.5 Å². The van der Waals surface area contributed by atoms with Crippen LogP contribution in [-0.4, -0.2) is 35.7 Å². The number of rotatable bonds is 5. The molecule has 0 aliphatic carbocycles. The maximum atomic E-state index is 11.0. The Balaban J connectivity index is 1.37. The number of anilines is 1. The van der Waals surface area contributed by atoms with Gasteiger partial charge < -0.3 is 10.2 Å². The fourth-order valence-corrected chi connectivity index (χ4v) is 4.31. The van der Waals surface area contributed by atoms with E-state index in [1.807, 2.05) is 36.0 Å². The lowest BCUT2D eigenvalue weighted by Gasteiger charge is -2.31. The summed E-state index contributed by atoms with van der Waals surface area (Å²) in [5, 5.41) is 3.50. The molecule has 0 aromatic heterocycles. The molecule has 1 heterocycles. The van der Waals surface area contributed by atoms with E-state index < -0.39 is 0 Å². The predicted octanol–water partition coefficient (Wildman–Crippen LogP) is 4.64. The Hall–Kier alpha value is -2.22. The van der Waals surface area contributed by atoms with E-state index in [0.29, 0.717) is 0 Å². The van der Waals surface area contributed by atoms with E-state index in [2.05, 4.69) is 52.4 Å². The van der Waals surface area contributed by atoms with E-state index in [1.54, 1.807) is 0 Å². The van der Waals surface area contributed by atoms with Crippen molar-refractivity contribution in [1.29, 1.82) is 0 Å². The van der Waals surface area contributed by atoms with Gasteiger partial charge in [-0.05, 0) is 62.3 Å². The summed E-state index contributed by atoms with van der Waals surface area (Å²) in [7, 11) is 0. The van der Waals surface area contributed by atoms with Gasteiger partial charge in [0.1, 0.15) is 0 Å². The molecule has 0 radical (unpaired) electrons. The quantitative estimate of drug-likeness (QED) is 0.769. The van der Waals surface area contributed by atoms with Gasteiger partial charge in [0, 0.05) is 41.3 Å². The Morgan fingerprint density at radius 3 is 2.48 bits per heavy atom. The van der Waals surface area contributed by atoms with Gasteiger partial charge in [0.2, 0.25) is 5.91 Å². The molecule has 1 fully saturated rings. The van der Waals surface area contributed by atoms with Gasteiger partial charge in [-0.25, -0.2) is 0 Å². The van der Waals surface area contributed by atoms with E-state index in [4.69, 9.17) is 0 Å². The predicted molar refractivity (Wildman–Crippen MR) is 114 cm³/mol. The summed E-state index contributed by atoms with van der Waals surface area (Å²) in [6, 6.07) is 18.4. The molecule has 1 amide bonds. The molecule has 3 nitrogen and oxygen atoms in total. The van der Waals surface area contributed by atoms with Gasteiger partial charge in [-0.3, -0.25) is 4.79 Å². The third-order valence-electron chi connectivity index (χ3n) is 4.57. The molecule has 0 saturated carbocycles. The Morgan fingerprint density at radius 1 is 1.11 bits per heavy atom. The number of nitrogens with zero attached hydrogens (tertiary/aromatic N) is 1. The first kappa shape index (κ1) is 19.5. The van der Waals surface area contributed by atoms with Crippen LogP contribution in [0.2, 0.25) is 0 Å². The van der Waals surface area contributed by atoms with Gasteiger partial charge >= 0.3 is 0 Å². The Bertz CT molecular complexity index is 785. The van der Waals surface area contributed by atoms with Gasteiger partial charge in [0.15, 0.2) is 0 Å². The van der Waals surface area contributed by atoms with Crippen molar-refractivity contribution in [2.75, 3.05) is 25.0 Å². The number of likely N-dealkylation sites (tertiary alicyclic amines) is 1. The number of piperidine rings is 1. The second-order valence-electron chi connectivity index (χ2n) is 6.78. The van der Waals surface area contributed by atoms with Crippen molar-refractivity contribution in [3.8, 4) is 11.8 Å². The highest BCUT2D eigenvalue weighted by Gasteiger charge is 2.19. The number of hydrogen-bond donors (Lipinski definition) is 1. The third kappa shape index (κ3) is 6.78. The average Bonchev–Trinajstić information content (AvgIpc) is 2.68. The summed E-state index contributed by atoms with van der Waals surface area (Å²) in [6.45, 7) is 4.88. The molecule has 1 saturated heterocycles. The van der Waals surface area contributed by atoms with Crippen molar-refractivity contribution >= 4 is 23.4 Å². The van der Waals surface area contributed by atoms with Crippen LogP contribution in [0.4, 0.5) is 5.69 Å². The van der Waals surface area contributed by atoms with E-state index in [9.17, 15) is 4.79 Å². The van der Waals surface area contributed by atoms with Crippen molar-refractivity contribution in [3.63, 3.8) is 0 Å². The first-order chi connectivity index (χ1) is 13.2. The molecular weight excluding hydrogens is 352 g/mol. The highest BCUT2D eigenvalue weighted by molar-refractivity contribution is 8.00. The smallest absolute Gasteiger partial charge is 0.221 e. The molecule has 1 aliphatic rings. The fourth-order valence-electron chi connectivity index (χ4n) is 3.16. The zero-order chi connectivity index (χ0) is 18.9. The zero-order valence-corrected chi connectivity index (χ0v) is 16.6. The Kier molecular flexibility index (Phi) is 7.38. The van der Waals surface area contributed by atoms with Crippen LogP contribution in [0, 0.1) is 11.8 Å². The number of benzene rings is 2. The van der Waals surface area contributed by atoms with E-state index in [0.717, 1.165) is 42.6 Å². The topological polar surface area (TPSA) is 32.3 Å². The van der Waals surface area contributed by atoms with Crippen LogP contribution in [0.5, 0.6) is 0 Å². The number of nitrogens with one attached hydrogen (secondary N) is 1. The minimum absolute atomic E-state index is 0.0558. The lowest BCUT2D eigenvalue weighted by molar-refractivity contribution is -0.114. The molecule has 27 heavy (non-hydrogen) atoms. The average molecular weight is 379 g/mol. The van der Waals surface area contributed by atoms with Crippen molar-refractivity contribution in [2.45, 2.75) is 36.3 Å². The summed E-state index contributed by atoms with van der Waals surface area (Å²) >= 11 is 2.02. The molecule has 1 N–H and O–H groups in total. The molecular formula is C23H26N2OS. The summed E-state index contributed by atoms with van der Waals surface area (Å²) < 4.78 is 0. The number of thioether (sulfide) groups is 1. The minimum Gasteiger partial charge on any atom is -0.326 e. The molecule has 2 aromatic rings. The lowest BCUT2D eigenvalue weighted by Crippen LogP contribution is -2.35. The molecule has 0 atom stereocenters. The second-order valence-corrected chi connectivity index (χ2v) is 8.16. The van der Waals surface area contributed by atoms with Gasteiger partial charge in [-0.1, -0.05) is 30.0 Å². The summed E-state index contributed by atoms with van der Waals surface area (Å²) in [6.07, 6.45) is 3.39. The Morgan fingerprint density at radius 2 is 1.81 bits per heavy atom. The number of amides is 1. The highest BCUT2D eigenvalue weighted by atomic mass is 32.2. The summed E-state index contributed by atoms with van der Waals surface area (Å²) in [5.41, 5.74) is 1.80. The molecule has 140 valence electrons. The molecule has 0 bridgehead atoms.